The molecule has 0 amide bonds. The SMILES string of the molecule is CN(C1CCCC1)C(CN)c1csc2ccccc12. The van der Waals surface area contributed by atoms with Crippen LogP contribution >= 0.6 is 11.3 Å². The highest BCUT2D eigenvalue weighted by Crippen LogP contribution is 2.35. The van der Waals surface area contributed by atoms with E-state index in [4.69, 9.17) is 5.73 Å². The van der Waals surface area contributed by atoms with E-state index >= 15 is 0 Å². The highest BCUT2D eigenvalue weighted by atomic mass is 32.1. The summed E-state index contributed by atoms with van der Waals surface area (Å²) in [5.74, 6) is 0. The van der Waals surface area contributed by atoms with Gasteiger partial charge in [-0.05, 0) is 42.3 Å². The van der Waals surface area contributed by atoms with Crippen LogP contribution in [0.15, 0.2) is 29.6 Å². The molecule has 3 heteroatoms. The largest absolute Gasteiger partial charge is 0.329 e. The first kappa shape index (κ1) is 13.1. The van der Waals surface area contributed by atoms with Crippen LogP contribution in [-0.4, -0.2) is 24.5 Å². The number of benzene rings is 1. The summed E-state index contributed by atoms with van der Waals surface area (Å²) in [6.07, 6.45) is 5.40. The normalized spacial score (nSPS) is 18.5. The van der Waals surface area contributed by atoms with Crippen molar-refractivity contribution in [3.05, 3.63) is 35.2 Å². The van der Waals surface area contributed by atoms with Crippen molar-refractivity contribution in [2.45, 2.75) is 37.8 Å². The van der Waals surface area contributed by atoms with Crippen LogP contribution in [0.25, 0.3) is 10.1 Å². The van der Waals surface area contributed by atoms with Crippen LogP contribution in [0.1, 0.15) is 37.3 Å². The molecule has 1 aromatic heterocycles. The minimum atomic E-state index is 0.360. The van der Waals surface area contributed by atoms with Gasteiger partial charge in [-0.3, -0.25) is 4.90 Å². The maximum atomic E-state index is 6.09. The van der Waals surface area contributed by atoms with E-state index in [2.05, 4.69) is 41.6 Å². The summed E-state index contributed by atoms with van der Waals surface area (Å²) in [6, 6.07) is 9.74. The Hall–Kier alpha value is -0.900. The third kappa shape index (κ3) is 2.42. The summed E-state index contributed by atoms with van der Waals surface area (Å²) in [7, 11) is 2.25. The second-order valence-corrected chi connectivity index (χ2v) is 6.45. The fourth-order valence-corrected chi connectivity index (χ4v) is 4.34. The average Bonchev–Trinajstić information content (AvgIpc) is 3.09. The van der Waals surface area contributed by atoms with Crippen molar-refractivity contribution >= 4 is 21.4 Å². The lowest BCUT2D eigenvalue weighted by Crippen LogP contribution is -2.37. The Labute approximate surface area is 119 Å². The van der Waals surface area contributed by atoms with Gasteiger partial charge in [0, 0.05) is 23.3 Å². The molecule has 0 aliphatic heterocycles. The molecule has 1 aromatic carbocycles. The summed E-state index contributed by atoms with van der Waals surface area (Å²) >= 11 is 1.84. The summed E-state index contributed by atoms with van der Waals surface area (Å²) < 4.78 is 1.37. The topological polar surface area (TPSA) is 29.3 Å². The Morgan fingerprint density at radius 1 is 1.32 bits per heavy atom. The van der Waals surface area contributed by atoms with Gasteiger partial charge in [0.05, 0.1) is 0 Å². The predicted molar refractivity (Wildman–Crippen MR) is 83.6 cm³/mol. The molecule has 1 aliphatic carbocycles. The first-order valence-corrected chi connectivity index (χ1v) is 8.07. The molecule has 1 unspecified atom stereocenters. The van der Waals surface area contributed by atoms with Crippen molar-refractivity contribution in [1.82, 2.24) is 4.90 Å². The fraction of sp³-hybridized carbons (Fsp3) is 0.500. The monoisotopic (exact) mass is 274 g/mol. The van der Waals surface area contributed by atoms with E-state index in [0.717, 1.165) is 0 Å². The van der Waals surface area contributed by atoms with Gasteiger partial charge in [-0.25, -0.2) is 0 Å². The number of likely N-dealkylation sites (N-methyl/N-ethyl adjacent to an activating group) is 1. The van der Waals surface area contributed by atoms with Gasteiger partial charge in [0.25, 0.3) is 0 Å². The smallest absolute Gasteiger partial charge is 0.0484 e. The Balaban J connectivity index is 1.92. The lowest BCUT2D eigenvalue weighted by atomic mass is 10.0. The molecule has 1 atom stereocenters. The second kappa shape index (κ2) is 5.61. The van der Waals surface area contributed by atoms with Crippen LogP contribution in [0.5, 0.6) is 0 Å². The number of nitrogens with two attached hydrogens (primary N) is 1. The Bertz CT molecular complexity index is 542. The predicted octanol–water partition coefficient (Wildman–Crippen LogP) is 3.78. The van der Waals surface area contributed by atoms with Gasteiger partial charge in [-0.2, -0.15) is 0 Å². The van der Waals surface area contributed by atoms with E-state index in [0.29, 0.717) is 18.6 Å². The molecule has 2 N–H and O–H groups in total. The first-order valence-electron chi connectivity index (χ1n) is 7.19. The molecule has 2 aromatic rings. The highest BCUT2D eigenvalue weighted by molar-refractivity contribution is 7.17. The zero-order valence-corrected chi connectivity index (χ0v) is 12.3. The van der Waals surface area contributed by atoms with Gasteiger partial charge >= 0.3 is 0 Å². The van der Waals surface area contributed by atoms with Gasteiger partial charge in [0.2, 0.25) is 0 Å². The number of hydrogen-bond donors (Lipinski definition) is 1. The third-order valence-corrected chi connectivity index (χ3v) is 5.47. The number of hydrogen-bond acceptors (Lipinski definition) is 3. The molecular formula is C16H22N2S. The van der Waals surface area contributed by atoms with Crippen molar-refractivity contribution in [3.8, 4) is 0 Å². The molecule has 0 saturated heterocycles. The van der Waals surface area contributed by atoms with E-state index in [1.807, 2.05) is 11.3 Å². The van der Waals surface area contributed by atoms with Gasteiger partial charge in [-0.15, -0.1) is 11.3 Å². The Kier molecular flexibility index (Phi) is 3.87. The van der Waals surface area contributed by atoms with Crippen molar-refractivity contribution in [3.63, 3.8) is 0 Å². The van der Waals surface area contributed by atoms with E-state index in [9.17, 15) is 0 Å². The van der Waals surface area contributed by atoms with Crippen molar-refractivity contribution in [2.75, 3.05) is 13.6 Å². The van der Waals surface area contributed by atoms with Crippen LogP contribution in [0, 0.1) is 0 Å². The average molecular weight is 274 g/mol. The maximum absolute atomic E-state index is 6.09. The van der Waals surface area contributed by atoms with Gasteiger partial charge in [0.15, 0.2) is 0 Å². The summed E-state index contributed by atoms with van der Waals surface area (Å²) in [6.45, 7) is 0.702. The summed E-state index contributed by atoms with van der Waals surface area (Å²) in [5.41, 5.74) is 7.50. The third-order valence-electron chi connectivity index (χ3n) is 4.49. The Morgan fingerprint density at radius 3 is 2.79 bits per heavy atom. The van der Waals surface area contributed by atoms with Crippen molar-refractivity contribution < 1.29 is 0 Å². The quantitative estimate of drug-likeness (QED) is 0.919. The zero-order chi connectivity index (χ0) is 13.2. The zero-order valence-electron chi connectivity index (χ0n) is 11.5. The standard InChI is InChI=1S/C16H22N2S/c1-18(12-6-2-3-7-12)15(10-17)14-11-19-16-9-5-4-8-13(14)16/h4-5,8-9,11-12,15H,2-3,6-7,10,17H2,1H3. The molecule has 0 spiro atoms. The first-order chi connectivity index (χ1) is 9.31. The van der Waals surface area contributed by atoms with Gasteiger partial charge < -0.3 is 5.73 Å². The maximum Gasteiger partial charge on any atom is 0.0484 e. The number of thiophene rings is 1. The molecule has 0 radical (unpaired) electrons. The molecule has 1 heterocycles. The fourth-order valence-electron chi connectivity index (χ4n) is 3.34. The van der Waals surface area contributed by atoms with E-state index in [-0.39, 0.29) is 0 Å². The van der Waals surface area contributed by atoms with Gasteiger partial charge in [0.1, 0.15) is 0 Å². The highest BCUT2D eigenvalue weighted by Gasteiger charge is 2.27. The summed E-state index contributed by atoms with van der Waals surface area (Å²) in [4.78, 5) is 2.52. The molecule has 3 rings (SSSR count). The molecule has 0 bridgehead atoms. The minimum absolute atomic E-state index is 0.360. The Morgan fingerprint density at radius 2 is 2.05 bits per heavy atom. The van der Waals surface area contributed by atoms with Crippen LogP contribution in [0.2, 0.25) is 0 Å². The number of rotatable bonds is 4. The number of fused-ring (bicyclic) bond motifs is 1. The van der Waals surface area contributed by atoms with Crippen molar-refractivity contribution in [2.24, 2.45) is 5.73 Å². The van der Waals surface area contributed by atoms with E-state index in [1.165, 1.54) is 41.3 Å². The van der Waals surface area contributed by atoms with Crippen LogP contribution < -0.4 is 5.73 Å². The van der Waals surface area contributed by atoms with Crippen LogP contribution in [-0.2, 0) is 0 Å². The molecule has 1 fully saturated rings. The lowest BCUT2D eigenvalue weighted by Gasteiger charge is -2.32. The lowest BCUT2D eigenvalue weighted by molar-refractivity contribution is 0.181. The van der Waals surface area contributed by atoms with Crippen molar-refractivity contribution in [1.29, 1.82) is 0 Å². The molecular weight excluding hydrogens is 252 g/mol. The van der Waals surface area contributed by atoms with Gasteiger partial charge in [-0.1, -0.05) is 31.0 Å². The van der Waals surface area contributed by atoms with Crippen LogP contribution in [0.4, 0.5) is 0 Å². The van der Waals surface area contributed by atoms with E-state index < -0.39 is 0 Å². The minimum Gasteiger partial charge on any atom is -0.329 e. The molecule has 2 nitrogen and oxygen atoms in total. The molecule has 1 saturated carbocycles. The molecule has 19 heavy (non-hydrogen) atoms. The summed E-state index contributed by atoms with van der Waals surface area (Å²) in [5, 5.41) is 3.68. The molecule has 102 valence electrons. The van der Waals surface area contributed by atoms with E-state index in [1.54, 1.807) is 0 Å². The van der Waals surface area contributed by atoms with Crippen LogP contribution in [0.3, 0.4) is 0 Å². The second-order valence-electron chi connectivity index (χ2n) is 5.54. The molecule has 1 aliphatic rings. The number of nitrogens with zero attached hydrogens (tertiary/aromatic N) is 1.